The van der Waals surface area contributed by atoms with Gasteiger partial charge in [0.2, 0.25) is 0 Å². The Morgan fingerprint density at radius 3 is 2.19 bits per heavy atom. The minimum Gasteiger partial charge on any atom is -0.399 e. The lowest BCUT2D eigenvalue weighted by molar-refractivity contribution is 0.0342. The van der Waals surface area contributed by atoms with Crippen LogP contribution >= 0.6 is 24.8 Å². The van der Waals surface area contributed by atoms with E-state index < -0.39 is 0 Å². The third-order valence-corrected chi connectivity index (χ3v) is 2.49. The number of hydrogen-bond donors (Lipinski definition) is 1. The standard InChI is InChI=1S/C11H16N2O.2ClH/c12-11-3-1-10(2-4-11)9-13-5-7-14-8-6-13;;/h1-4H,5-9,12H2;2*1H. The number of anilines is 1. The first kappa shape index (κ1) is 15.5. The summed E-state index contributed by atoms with van der Waals surface area (Å²) in [4.78, 5) is 2.40. The number of nitrogen functional groups attached to an aromatic ring is 1. The number of nitrogens with zero attached hydrogens (tertiary/aromatic N) is 1. The fourth-order valence-corrected chi connectivity index (χ4v) is 1.64. The number of ether oxygens (including phenoxy) is 1. The summed E-state index contributed by atoms with van der Waals surface area (Å²) in [6.45, 7) is 4.78. The van der Waals surface area contributed by atoms with E-state index in [9.17, 15) is 0 Å². The topological polar surface area (TPSA) is 38.5 Å². The normalized spacial score (nSPS) is 16.0. The molecule has 1 aliphatic rings. The van der Waals surface area contributed by atoms with Gasteiger partial charge in [0.1, 0.15) is 0 Å². The van der Waals surface area contributed by atoms with E-state index in [4.69, 9.17) is 10.5 Å². The molecule has 1 aromatic rings. The third kappa shape index (κ3) is 4.58. The maximum absolute atomic E-state index is 5.63. The van der Waals surface area contributed by atoms with Gasteiger partial charge in [-0.15, -0.1) is 24.8 Å². The van der Waals surface area contributed by atoms with Gasteiger partial charge in [0, 0.05) is 25.3 Å². The Morgan fingerprint density at radius 1 is 1.06 bits per heavy atom. The van der Waals surface area contributed by atoms with Crippen LogP contribution in [0, 0.1) is 0 Å². The van der Waals surface area contributed by atoms with E-state index in [1.54, 1.807) is 0 Å². The van der Waals surface area contributed by atoms with Crippen molar-refractivity contribution in [2.24, 2.45) is 0 Å². The van der Waals surface area contributed by atoms with Gasteiger partial charge < -0.3 is 10.5 Å². The molecule has 3 nitrogen and oxygen atoms in total. The van der Waals surface area contributed by atoms with Gasteiger partial charge in [-0.25, -0.2) is 0 Å². The minimum absolute atomic E-state index is 0. The van der Waals surface area contributed by atoms with Crippen LogP contribution in [0.4, 0.5) is 5.69 Å². The van der Waals surface area contributed by atoms with Gasteiger partial charge >= 0.3 is 0 Å². The molecule has 1 aliphatic heterocycles. The maximum atomic E-state index is 5.63. The van der Waals surface area contributed by atoms with Crippen LogP contribution < -0.4 is 5.73 Å². The predicted molar refractivity (Wildman–Crippen MR) is 71.4 cm³/mol. The lowest BCUT2D eigenvalue weighted by Gasteiger charge is -2.26. The molecule has 5 heteroatoms. The molecule has 16 heavy (non-hydrogen) atoms. The molecule has 0 bridgehead atoms. The minimum atomic E-state index is 0. The summed E-state index contributed by atoms with van der Waals surface area (Å²) < 4.78 is 5.29. The first-order valence-corrected chi connectivity index (χ1v) is 4.99. The third-order valence-electron chi connectivity index (χ3n) is 2.49. The molecule has 0 atom stereocenters. The largest absolute Gasteiger partial charge is 0.399 e. The van der Waals surface area contributed by atoms with Crippen molar-refractivity contribution in [2.45, 2.75) is 6.54 Å². The lowest BCUT2D eigenvalue weighted by atomic mass is 10.2. The molecule has 2 rings (SSSR count). The van der Waals surface area contributed by atoms with Crippen LogP contribution in [0.15, 0.2) is 24.3 Å². The van der Waals surface area contributed by atoms with Crippen LogP contribution in [-0.4, -0.2) is 31.2 Å². The summed E-state index contributed by atoms with van der Waals surface area (Å²) in [6, 6.07) is 8.08. The molecule has 0 unspecified atom stereocenters. The molecule has 1 fully saturated rings. The smallest absolute Gasteiger partial charge is 0.0594 e. The highest BCUT2D eigenvalue weighted by atomic mass is 35.5. The SMILES string of the molecule is Cl.Cl.Nc1ccc(CN2CCOCC2)cc1. The monoisotopic (exact) mass is 264 g/mol. The molecule has 0 saturated carbocycles. The van der Waals surface area contributed by atoms with Crippen molar-refractivity contribution in [1.29, 1.82) is 0 Å². The molecule has 0 aromatic heterocycles. The van der Waals surface area contributed by atoms with Gasteiger partial charge in [-0.05, 0) is 17.7 Å². The van der Waals surface area contributed by atoms with Crippen LogP contribution in [0.25, 0.3) is 0 Å². The van der Waals surface area contributed by atoms with E-state index in [2.05, 4.69) is 17.0 Å². The number of halogens is 2. The Balaban J connectivity index is 0.00000112. The second-order valence-corrected chi connectivity index (χ2v) is 3.63. The number of morpholine rings is 1. The molecule has 0 radical (unpaired) electrons. The number of rotatable bonds is 2. The highest BCUT2D eigenvalue weighted by molar-refractivity contribution is 5.85. The number of benzene rings is 1. The summed E-state index contributed by atoms with van der Waals surface area (Å²) in [5.41, 5.74) is 7.78. The fraction of sp³-hybridized carbons (Fsp3) is 0.455. The molecule has 0 aliphatic carbocycles. The van der Waals surface area contributed by atoms with Gasteiger partial charge in [0.05, 0.1) is 13.2 Å². The first-order valence-electron chi connectivity index (χ1n) is 4.99. The molecule has 0 spiro atoms. The van der Waals surface area contributed by atoms with E-state index in [0.717, 1.165) is 38.5 Å². The molecule has 1 saturated heterocycles. The zero-order valence-electron chi connectivity index (χ0n) is 9.09. The zero-order valence-corrected chi connectivity index (χ0v) is 10.7. The average molecular weight is 265 g/mol. The van der Waals surface area contributed by atoms with Gasteiger partial charge in [-0.1, -0.05) is 12.1 Å². The zero-order chi connectivity index (χ0) is 9.80. The molecular weight excluding hydrogens is 247 g/mol. The van der Waals surface area contributed by atoms with E-state index in [1.807, 2.05) is 12.1 Å². The molecular formula is C11H18Cl2N2O. The van der Waals surface area contributed by atoms with Gasteiger partial charge in [0.25, 0.3) is 0 Å². The lowest BCUT2D eigenvalue weighted by Crippen LogP contribution is -2.35. The second-order valence-electron chi connectivity index (χ2n) is 3.63. The molecule has 92 valence electrons. The Kier molecular flexibility index (Phi) is 7.51. The Hall–Kier alpha value is -0.480. The molecule has 0 amide bonds. The first-order chi connectivity index (χ1) is 6.84. The summed E-state index contributed by atoms with van der Waals surface area (Å²) >= 11 is 0. The summed E-state index contributed by atoms with van der Waals surface area (Å²) in [6.07, 6.45) is 0. The quantitative estimate of drug-likeness (QED) is 0.830. The van der Waals surface area contributed by atoms with Crippen LogP contribution in [0.2, 0.25) is 0 Å². The van der Waals surface area contributed by atoms with Crippen LogP contribution in [0.5, 0.6) is 0 Å². The van der Waals surface area contributed by atoms with Crippen molar-refractivity contribution < 1.29 is 4.74 Å². The van der Waals surface area contributed by atoms with Crippen molar-refractivity contribution in [3.63, 3.8) is 0 Å². The van der Waals surface area contributed by atoms with E-state index in [1.165, 1.54) is 5.56 Å². The predicted octanol–water partition coefficient (Wildman–Crippen LogP) is 1.94. The highest BCUT2D eigenvalue weighted by Gasteiger charge is 2.09. The Labute approximate surface area is 109 Å². The van der Waals surface area contributed by atoms with E-state index in [0.29, 0.717) is 0 Å². The fourth-order valence-electron chi connectivity index (χ4n) is 1.64. The Bertz CT molecular complexity index is 287. The van der Waals surface area contributed by atoms with Gasteiger partial charge in [-0.2, -0.15) is 0 Å². The molecule has 1 aromatic carbocycles. The van der Waals surface area contributed by atoms with Crippen molar-refractivity contribution in [3.8, 4) is 0 Å². The van der Waals surface area contributed by atoms with Crippen molar-refractivity contribution in [1.82, 2.24) is 4.90 Å². The number of nitrogens with two attached hydrogens (primary N) is 1. The van der Waals surface area contributed by atoms with Crippen molar-refractivity contribution >= 4 is 30.5 Å². The maximum Gasteiger partial charge on any atom is 0.0594 e. The van der Waals surface area contributed by atoms with Crippen molar-refractivity contribution in [3.05, 3.63) is 29.8 Å². The molecule has 1 heterocycles. The molecule has 2 N–H and O–H groups in total. The summed E-state index contributed by atoms with van der Waals surface area (Å²) in [5, 5.41) is 0. The van der Waals surface area contributed by atoms with Gasteiger partial charge in [0.15, 0.2) is 0 Å². The van der Waals surface area contributed by atoms with E-state index >= 15 is 0 Å². The van der Waals surface area contributed by atoms with E-state index in [-0.39, 0.29) is 24.8 Å². The van der Waals surface area contributed by atoms with Crippen LogP contribution in [0.1, 0.15) is 5.56 Å². The summed E-state index contributed by atoms with van der Waals surface area (Å²) in [7, 11) is 0. The van der Waals surface area contributed by atoms with Gasteiger partial charge in [-0.3, -0.25) is 4.90 Å². The number of hydrogen-bond acceptors (Lipinski definition) is 3. The highest BCUT2D eigenvalue weighted by Crippen LogP contribution is 2.09. The van der Waals surface area contributed by atoms with Crippen LogP contribution in [-0.2, 0) is 11.3 Å². The Morgan fingerprint density at radius 2 is 1.62 bits per heavy atom. The summed E-state index contributed by atoms with van der Waals surface area (Å²) in [5.74, 6) is 0. The second kappa shape index (κ2) is 7.74. The van der Waals surface area contributed by atoms with Crippen LogP contribution in [0.3, 0.4) is 0 Å². The van der Waals surface area contributed by atoms with Crippen molar-refractivity contribution in [2.75, 3.05) is 32.0 Å². The average Bonchev–Trinajstić information content (AvgIpc) is 2.23.